The Morgan fingerprint density at radius 1 is 1.21 bits per heavy atom. The zero-order chi connectivity index (χ0) is 19.6. The number of furan rings is 1. The van der Waals surface area contributed by atoms with Gasteiger partial charge in [-0.15, -0.1) is 12.4 Å². The van der Waals surface area contributed by atoms with E-state index in [-0.39, 0.29) is 29.8 Å². The monoisotopic (exact) mass is 408 g/mol. The molecule has 1 aromatic carbocycles. The molecule has 2 amide bonds. The number of halogens is 1. The maximum absolute atomic E-state index is 12.1. The van der Waals surface area contributed by atoms with Crippen molar-refractivity contribution >= 4 is 41.7 Å². The average Bonchev–Trinajstić information content (AvgIpc) is 3.16. The number of amides is 2. The van der Waals surface area contributed by atoms with Crippen molar-refractivity contribution in [3.8, 4) is 5.75 Å². The second-order valence-corrected chi connectivity index (χ2v) is 5.95. The van der Waals surface area contributed by atoms with Crippen LogP contribution >= 0.6 is 12.4 Å². The van der Waals surface area contributed by atoms with Crippen LogP contribution in [0.5, 0.6) is 5.75 Å². The van der Waals surface area contributed by atoms with Crippen LogP contribution in [0.4, 0.5) is 11.4 Å². The summed E-state index contributed by atoms with van der Waals surface area (Å²) in [7, 11) is 0. The van der Waals surface area contributed by atoms with Crippen molar-refractivity contribution in [2.75, 3.05) is 17.2 Å². The number of phenolic OH excluding ortho intramolecular Hbond substituents is 1. The Hall–Kier alpha value is -2.81. The second-order valence-electron chi connectivity index (χ2n) is 5.95. The Balaban J connectivity index is 0.00000392. The van der Waals surface area contributed by atoms with Crippen molar-refractivity contribution in [2.24, 2.45) is 11.5 Å². The highest BCUT2D eigenvalue weighted by Crippen LogP contribution is 2.27. The lowest BCUT2D eigenvalue weighted by atomic mass is 10.1. The van der Waals surface area contributed by atoms with Crippen molar-refractivity contribution in [2.45, 2.75) is 25.3 Å². The molecular formula is C19H25ClN4O4. The largest absolute Gasteiger partial charge is 0.506 e. The third-order valence-corrected chi connectivity index (χ3v) is 3.77. The fraction of sp³-hybridized carbons (Fsp3) is 0.263. The minimum Gasteiger partial charge on any atom is -0.506 e. The Morgan fingerprint density at radius 2 is 2.00 bits per heavy atom. The van der Waals surface area contributed by atoms with E-state index in [4.69, 9.17) is 15.9 Å². The molecule has 2 aromatic rings. The lowest BCUT2D eigenvalue weighted by Crippen LogP contribution is -2.35. The van der Waals surface area contributed by atoms with Crippen LogP contribution in [-0.4, -0.2) is 29.5 Å². The number of aromatic hydroxyl groups is 1. The summed E-state index contributed by atoms with van der Waals surface area (Å²) in [5, 5.41) is 15.1. The Kier molecular flexibility index (Phi) is 9.80. The fourth-order valence-corrected chi connectivity index (χ4v) is 2.31. The fourth-order valence-electron chi connectivity index (χ4n) is 2.31. The summed E-state index contributed by atoms with van der Waals surface area (Å²) in [6.07, 6.45) is 6.38. The van der Waals surface area contributed by atoms with Crippen LogP contribution in [0, 0.1) is 0 Å². The van der Waals surface area contributed by atoms with E-state index < -0.39 is 11.9 Å². The molecule has 0 saturated carbocycles. The molecule has 2 rings (SSSR count). The highest BCUT2D eigenvalue weighted by molar-refractivity contribution is 6.03. The first-order valence-electron chi connectivity index (χ1n) is 8.61. The van der Waals surface area contributed by atoms with Crippen molar-refractivity contribution < 1.29 is 19.1 Å². The van der Waals surface area contributed by atoms with E-state index in [1.54, 1.807) is 12.1 Å². The topological polar surface area (TPSA) is 144 Å². The number of anilines is 2. The first-order valence-corrected chi connectivity index (χ1v) is 8.61. The quantitative estimate of drug-likeness (QED) is 0.186. The summed E-state index contributed by atoms with van der Waals surface area (Å²) in [6, 6.07) is 7.08. The van der Waals surface area contributed by atoms with Gasteiger partial charge in [-0.05, 0) is 55.8 Å². The van der Waals surface area contributed by atoms with Gasteiger partial charge in [0.25, 0.3) is 0 Å². The summed E-state index contributed by atoms with van der Waals surface area (Å²) >= 11 is 0. The molecule has 152 valence electrons. The van der Waals surface area contributed by atoms with E-state index in [0.717, 1.165) is 12.8 Å². The van der Waals surface area contributed by atoms with Gasteiger partial charge >= 0.3 is 0 Å². The van der Waals surface area contributed by atoms with Gasteiger partial charge in [-0.1, -0.05) is 6.42 Å². The molecule has 0 aliphatic heterocycles. The molecule has 0 saturated heterocycles. The molecule has 7 N–H and O–H groups in total. The van der Waals surface area contributed by atoms with Crippen molar-refractivity contribution in [3.63, 3.8) is 0 Å². The van der Waals surface area contributed by atoms with Crippen LogP contribution < -0.4 is 22.1 Å². The van der Waals surface area contributed by atoms with E-state index in [1.165, 1.54) is 36.6 Å². The van der Waals surface area contributed by atoms with Gasteiger partial charge in [0.15, 0.2) is 0 Å². The number of hydrogen-bond acceptors (Lipinski definition) is 6. The van der Waals surface area contributed by atoms with E-state index in [0.29, 0.717) is 24.4 Å². The van der Waals surface area contributed by atoms with Crippen LogP contribution in [0.1, 0.15) is 25.0 Å². The number of nitrogens with one attached hydrogen (secondary N) is 2. The van der Waals surface area contributed by atoms with Crippen LogP contribution in [0.15, 0.2) is 47.1 Å². The predicted octanol–water partition coefficient (Wildman–Crippen LogP) is 2.45. The minimum atomic E-state index is -0.703. The third kappa shape index (κ3) is 7.43. The van der Waals surface area contributed by atoms with Crippen LogP contribution in [-0.2, 0) is 9.59 Å². The molecule has 1 atom stereocenters. The van der Waals surface area contributed by atoms with Gasteiger partial charge < -0.3 is 31.6 Å². The molecule has 0 radical (unpaired) electrons. The molecule has 0 aliphatic rings. The minimum absolute atomic E-state index is 0. The smallest absolute Gasteiger partial charge is 0.248 e. The number of benzene rings is 1. The van der Waals surface area contributed by atoms with Crippen LogP contribution in [0.25, 0.3) is 6.08 Å². The maximum Gasteiger partial charge on any atom is 0.248 e. The predicted molar refractivity (Wildman–Crippen MR) is 111 cm³/mol. The first-order chi connectivity index (χ1) is 13.0. The molecule has 1 aromatic heterocycles. The van der Waals surface area contributed by atoms with Gasteiger partial charge in [0.1, 0.15) is 11.5 Å². The number of rotatable bonds is 9. The van der Waals surface area contributed by atoms with Gasteiger partial charge in [0, 0.05) is 11.8 Å². The van der Waals surface area contributed by atoms with Crippen LogP contribution in [0.3, 0.4) is 0 Å². The van der Waals surface area contributed by atoms with Gasteiger partial charge in [0.2, 0.25) is 11.8 Å². The number of unbranched alkanes of at least 4 members (excludes halogenated alkanes) is 1. The molecule has 1 heterocycles. The lowest BCUT2D eigenvalue weighted by Gasteiger charge is -2.14. The van der Waals surface area contributed by atoms with Crippen molar-refractivity contribution in [3.05, 3.63) is 48.4 Å². The Morgan fingerprint density at radius 3 is 2.68 bits per heavy atom. The number of hydrogen-bond donors (Lipinski definition) is 5. The molecule has 0 bridgehead atoms. The average molecular weight is 409 g/mol. The van der Waals surface area contributed by atoms with Gasteiger partial charge in [-0.2, -0.15) is 0 Å². The SMILES string of the molecule is Cl.NCCCC[C@H](N)C(=O)Nc1cc(NC(=O)/C=C/c2ccco2)ccc1O. The van der Waals surface area contributed by atoms with E-state index in [9.17, 15) is 14.7 Å². The lowest BCUT2D eigenvalue weighted by molar-refractivity contribution is -0.117. The van der Waals surface area contributed by atoms with Gasteiger partial charge in [0.05, 0.1) is 18.0 Å². The molecule has 28 heavy (non-hydrogen) atoms. The zero-order valence-electron chi connectivity index (χ0n) is 15.3. The Labute approximate surface area is 169 Å². The standard InChI is InChI=1S/C19H24N4O4.ClH/c20-10-2-1-5-15(21)19(26)23-16-12-13(6-8-17(16)24)22-18(25)9-7-14-4-3-11-27-14;/h3-4,6-9,11-12,15,24H,1-2,5,10,20-21H2,(H,22,25)(H,23,26);1H/b9-7+;/t15-;/m0./s1. The van der Waals surface area contributed by atoms with E-state index in [2.05, 4.69) is 10.6 Å². The summed E-state index contributed by atoms with van der Waals surface area (Å²) in [5.41, 5.74) is 11.8. The molecule has 0 aliphatic carbocycles. The maximum atomic E-state index is 12.1. The summed E-state index contributed by atoms with van der Waals surface area (Å²) in [4.78, 5) is 24.1. The molecular weight excluding hydrogens is 384 g/mol. The van der Waals surface area contributed by atoms with Gasteiger partial charge in [-0.3, -0.25) is 9.59 Å². The molecule has 0 spiro atoms. The van der Waals surface area contributed by atoms with Crippen LogP contribution in [0.2, 0.25) is 0 Å². The first kappa shape index (κ1) is 23.2. The highest BCUT2D eigenvalue weighted by atomic mass is 35.5. The normalized spacial score (nSPS) is 11.6. The number of carbonyl (C=O) groups excluding carboxylic acids is 2. The van der Waals surface area contributed by atoms with Gasteiger partial charge in [-0.25, -0.2) is 0 Å². The van der Waals surface area contributed by atoms with E-state index >= 15 is 0 Å². The number of carbonyl (C=O) groups is 2. The second kappa shape index (κ2) is 11.8. The molecule has 9 heteroatoms. The summed E-state index contributed by atoms with van der Waals surface area (Å²) < 4.78 is 5.10. The zero-order valence-corrected chi connectivity index (χ0v) is 16.1. The molecule has 0 unspecified atom stereocenters. The van der Waals surface area contributed by atoms with Crippen molar-refractivity contribution in [1.29, 1.82) is 0 Å². The highest BCUT2D eigenvalue weighted by Gasteiger charge is 2.15. The molecule has 0 fully saturated rings. The molecule has 8 nitrogen and oxygen atoms in total. The van der Waals surface area contributed by atoms with E-state index in [1.807, 2.05) is 0 Å². The summed E-state index contributed by atoms with van der Waals surface area (Å²) in [6.45, 7) is 0.547. The Bertz CT molecular complexity index is 793. The summed E-state index contributed by atoms with van der Waals surface area (Å²) in [5.74, 6) is -0.370. The third-order valence-electron chi connectivity index (χ3n) is 3.77. The number of nitrogens with two attached hydrogens (primary N) is 2. The van der Waals surface area contributed by atoms with Crippen molar-refractivity contribution in [1.82, 2.24) is 0 Å². The number of phenols is 1.